The van der Waals surface area contributed by atoms with E-state index in [0.717, 1.165) is 5.56 Å². The number of halogens is 2. The molecule has 3 nitrogen and oxygen atoms in total. The molecule has 0 aliphatic heterocycles. The Kier molecular flexibility index (Phi) is 4.77. The largest absolute Gasteiger partial charge is 0.360 e. The number of aromatic nitrogens is 1. The van der Waals surface area contributed by atoms with Crippen LogP contribution in [0, 0.1) is 6.92 Å². The zero-order valence-electron chi connectivity index (χ0n) is 9.27. The maximum atomic E-state index is 6.08. The van der Waals surface area contributed by atoms with Crippen molar-refractivity contribution in [2.75, 3.05) is 5.32 Å². The molecule has 0 bridgehead atoms. The average Bonchev–Trinajstić information content (AvgIpc) is 2.18. The van der Waals surface area contributed by atoms with E-state index in [1.807, 2.05) is 20.8 Å². The fourth-order valence-electron chi connectivity index (χ4n) is 1.05. The first kappa shape index (κ1) is 13.5. The van der Waals surface area contributed by atoms with E-state index in [1.165, 1.54) is 0 Å². The second-order valence-electron chi connectivity index (χ2n) is 3.65. The van der Waals surface area contributed by atoms with E-state index in [-0.39, 0.29) is 6.04 Å². The fourth-order valence-corrected chi connectivity index (χ4v) is 1.77. The number of anilines is 1. The molecule has 16 heavy (non-hydrogen) atoms. The van der Waals surface area contributed by atoms with Crippen molar-refractivity contribution in [1.82, 2.24) is 10.3 Å². The van der Waals surface area contributed by atoms with E-state index >= 15 is 0 Å². The van der Waals surface area contributed by atoms with Crippen molar-refractivity contribution in [3.8, 4) is 0 Å². The summed E-state index contributed by atoms with van der Waals surface area (Å²) in [6, 6.07) is 0.257. The van der Waals surface area contributed by atoms with Gasteiger partial charge in [0.25, 0.3) is 0 Å². The van der Waals surface area contributed by atoms with Gasteiger partial charge in [-0.3, -0.25) is 0 Å². The minimum absolute atomic E-state index is 0.257. The van der Waals surface area contributed by atoms with Gasteiger partial charge in [-0.05, 0) is 38.6 Å². The molecule has 0 atom stereocenters. The maximum Gasteiger partial charge on any atom is 0.172 e. The van der Waals surface area contributed by atoms with Gasteiger partial charge >= 0.3 is 0 Å². The van der Waals surface area contributed by atoms with Crippen LogP contribution in [0.1, 0.15) is 19.4 Å². The van der Waals surface area contributed by atoms with Gasteiger partial charge in [0.2, 0.25) is 0 Å². The predicted octanol–water partition coefficient (Wildman–Crippen LogP) is 3.39. The maximum absolute atomic E-state index is 6.08. The quantitative estimate of drug-likeness (QED) is 0.813. The van der Waals surface area contributed by atoms with Gasteiger partial charge in [0.15, 0.2) is 10.9 Å². The van der Waals surface area contributed by atoms with Gasteiger partial charge in [-0.1, -0.05) is 23.2 Å². The molecule has 0 fully saturated rings. The van der Waals surface area contributed by atoms with Gasteiger partial charge in [-0.15, -0.1) is 0 Å². The van der Waals surface area contributed by atoms with Crippen LogP contribution in [0.2, 0.25) is 10.0 Å². The lowest BCUT2D eigenvalue weighted by Gasteiger charge is -2.14. The molecule has 0 radical (unpaired) electrons. The molecule has 1 heterocycles. The van der Waals surface area contributed by atoms with Crippen molar-refractivity contribution in [1.29, 1.82) is 0 Å². The van der Waals surface area contributed by atoms with E-state index in [9.17, 15) is 0 Å². The van der Waals surface area contributed by atoms with Crippen molar-refractivity contribution in [3.63, 3.8) is 0 Å². The first-order valence-electron chi connectivity index (χ1n) is 4.80. The Hall–Kier alpha value is -0.580. The lowest BCUT2D eigenvalue weighted by Crippen LogP contribution is -2.34. The molecule has 6 heteroatoms. The van der Waals surface area contributed by atoms with Crippen molar-refractivity contribution in [3.05, 3.63) is 21.8 Å². The van der Waals surface area contributed by atoms with Crippen LogP contribution in [0.4, 0.5) is 5.82 Å². The van der Waals surface area contributed by atoms with E-state index < -0.39 is 0 Å². The smallest absolute Gasteiger partial charge is 0.172 e. The molecule has 0 aliphatic carbocycles. The summed E-state index contributed by atoms with van der Waals surface area (Å²) in [5, 5.41) is 7.49. The van der Waals surface area contributed by atoms with Crippen LogP contribution in [-0.4, -0.2) is 16.1 Å². The van der Waals surface area contributed by atoms with Crippen molar-refractivity contribution < 1.29 is 0 Å². The van der Waals surface area contributed by atoms with Gasteiger partial charge in [0.05, 0.1) is 10.0 Å². The highest BCUT2D eigenvalue weighted by atomic mass is 35.5. The molecule has 2 N–H and O–H groups in total. The minimum Gasteiger partial charge on any atom is -0.360 e. The van der Waals surface area contributed by atoms with E-state index in [2.05, 4.69) is 15.6 Å². The van der Waals surface area contributed by atoms with Crippen molar-refractivity contribution >= 4 is 46.4 Å². The number of nitrogens with zero attached hydrogens (tertiary/aromatic N) is 1. The van der Waals surface area contributed by atoms with Crippen LogP contribution in [0.25, 0.3) is 0 Å². The first-order chi connectivity index (χ1) is 7.41. The van der Waals surface area contributed by atoms with Crippen molar-refractivity contribution in [2.24, 2.45) is 0 Å². The molecule has 88 valence electrons. The number of nitrogens with one attached hydrogen (secondary N) is 2. The van der Waals surface area contributed by atoms with Crippen molar-refractivity contribution in [2.45, 2.75) is 26.8 Å². The third kappa shape index (κ3) is 3.47. The third-order valence-corrected chi connectivity index (χ3v) is 2.92. The summed E-state index contributed by atoms with van der Waals surface area (Å²) >= 11 is 17.1. The van der Waals surface area contributed by atoms with Gasteiger partial charge in [0.1, 0.15) is 0 Å². The third-order valence-electron chi connectivity index (χ3n) is 1.85. The predicted molar refractivity (Wildman–Crippen MR) is 73.5 cm³/mol. The van der Waals surface area contributed by atoms with Crippen LogP contribution in [0.15, 0.2) is 6.20 Å². The highest BCUT2D eigenvalue weighted by Crippen LogP contribution is 2.28. The normalized spacial score (nSPS) is 10.4. The van der Waals surface area contributed by atoms with E-state index in [1.54, 1.807) is 6.20 Å². The van der Waals surface area contributed by atoms with Gasteiger partial charge < -0.3 is 10.6 Å². The van der Waals surface area contributed by atoms with Crippen LogP contribution >= 0.6 is 35.4 Å². The zero-order chi connectivity index (χ0) is 12.3. The molecule has 0 unspecified atom stereocenters. The molecule has 1 aromatic heterocycles. The molecule has 0 amide bonds. The summed E-state index contributed by atoms with van der Waals surface area (Å²) in [4.78, 5) is 4.08. The Morgan fingerprint density at radius 1 is 1.44 bits per heavy atom. The molecule has 0 spiro atoms. The first-order valence-corrected chi connectivity index (χ1v) is 5.96. The van der Waals surface area contributed by atoms with Crippen LogP contribution in [0.3, 0.4) is 0 Å². The second-order valence-corrected chi connectivity index (χ2v) is 4.84. The SMILES string of the molecule is Cc1c(Cl)cnc(NC(=S)NC(C)C)c1Cl. The average molecular weight is 278 g/mol. The minimum atomic E-state index is 0.257. The molecule has 0 aromatic carbocycles. The summed E-state index contributed by atoms with van der Waals surface area (Å²) in [6.07, 6.45) is 1.54. The highest BCUT2D eigenvalue weighted by molar-refractivity contribution is 7.80. The topological polar surface area (TPSA) is 37.0 Å². The number of hydrogen-bond donors (Lipinski definition) is 2. The Balaban J connectivity index is 2.82. The van der Waals surface area contributed by atoms with Gasteiger partial charge in [0, 0.05) is 12.2 Å². The number of thiocarbonyl (C=S) groups is 1. The summed E-state index contributed by atoms with van der Waals surface area (Å²) in [5.41, 5.74) is 0.785. The second kappa shape index (κ2) is 5.66. The number of hydrogen-bond acceptors (Lipinski definition) is 2. The summed E-state index contributed by atoms with van der Waals surface area (Å²) in [6.45, 7) is 5.82. The van der Waals surface area contributed by atoms with Crippen LogP contribution in [0.5, 0.6) is 0 Å². The molecule has 0 saturated carbocycles. The van der Waals surface area contributed by atoms with E-state index in [4.69, 9.17) is 35.4 Å². The zero-order valence-corrected chi connectivity index (χ0v) is 11.6. The van der Waals surface area contributed by atoms with Crippen LogP contribution in [-0.2, 0) is 0 Å². The standard InChI is InChI=1S/C10H13Cl2N3S/c1-5(2)14-10(16)15-9-8(12)6(3)7(11)4-13-9/h4-5H,1-3H3,(H2,13,14,15,16). The molecular formula is C10H13Cl2N3S. The fraction of sp³-hybridized carbons (Fsp3) is 0.400. The molecule has 1 aromatic rings. The summed E-state index contributed by atoms with van der Waals surface area (Å²) in [7, 11) is 0. The Morgan fingerprint density at radius 3 is 2.62 bits per heavy atom. The molecular weight excluding hydrogens is 265 g/mol. The van der Waals surface area contributed by atoms with E-state index in [0.29, 0.717) is 21.0 Å². The Morgan fingerprint density at radius 2 is 2.06 bits per heavy atom. The summed E-state index contributed by atoms with van der Waals surface area (Å²) < 4.78 is 0. The number of pyridine rings is 1. The number of rotatable bonds is 2. The van der Waals surface area contributed by atoms with Gasteiger partial charge in [-0.2, -0.15) is 0 Å². The lowest BCUT2D eigenvalue weighted by molar-refractivity contribution is 0.739. The lowest BCUT2D eigenvalue weighted by atomic mass is 10.3. The molecule has 0 saturated heterocycles. The Labute approximate surface area is 111 Å². The molecule has 0 aliphatic rings. The Bertz CT molecular complexity index is 407. The molecule has 1 rings (SSSR count). The van der Waals surface area contributed by atoms with Crippen LogP contribution < -0.4 is 10.6 Å². The summed E-state index contributed by atoms with van der Waals surface area (Å²) in [5.74, 6) is 0.515. The van der Waals surface area contributed by atoms with Gasteiger partial charge in [-0.25, -0.2) is 4.98 Å². The highest BCUT2D eigenvalue weighted by Gasteiger charge is 2.09. The monoisotopic (exact) mass is 277 g/mol.